The third-order valence-electron chi connectivity index (χ3n) is 1.13. The van der Waals surface area contributed by atoms with E-state index in [-0.39, 0.29) is 6.29 Å². The van der Waals surface area contributed by atoms with Crippen molar-refractivity contribution in [1.82, 2.24) is 0 Å². The smallest absolute Gasteiger partial charge is 0.376 e. The van der Waals surface area contributed by atoms with E-state index in [4.69, 9.17) is 0 Å². The maximum absolute atomic E-state index is 10.5. The lowest BCUT2D eigenvalue weighted by molar-refractivity contribution is -0.141. The summed E-state index contributed by atoms with van der Waals surface area (Å²) in [5.41, 5.74) is 0. The number of aldehydes is 1. The Morgan fingerprint density at radius 1 is 1.33 bits per heavy atom. The zero-order valence-electron chi connectivity index (χ0n) is 5.99. The van der Waals surface area contributed by atoms with Crippen molar-refractivity contribution in [3.8, 4) is 5.75 Å². The SMILES string of the molecule is O=CC(=O)Oc1ccc(I)cc1. The number of ether oxygens (including phenoxy) is 1. The Morgan fingerprint density at radius 3 is 2.42 bits per heavy atom. The topological polar surface area (TPSA) is 43.4 Å². The monoisotopic (exact) mass is 276 g/mol. The van der Waals surface area contributed by atoms with Crippen LogP contribution in [0.15, 0.2) is 24.3 Å². The number of benzene rings is 1. The summed E-state index contributed by atoms with van der Waals surface area (Å²) in [6.45, 7) is 0. The van der Waals surface area contributed by atoms with Crippen LogP contribution in [-0.4, -0.2) is 12.3 Å². The van der Waals surface area contributed by atoms with Crippen LogP contribution in [0.5, 0.6) is 5.75 Å². The van der Waals surface area contributed by atoms with Crippen LogP contribution in [0.25, 0.3) is 0 Å². The van der Waals surface area contributed by atoms with Crippen molar-refractivity contribution in [2.24, 2.45) is 0 Å². The quantitative estimate of drug-likeness (QED) is 0.269. The van der Waals surface area contributed by atoms with Gasteiger partial charge in [-0.15, -0.1) is 0 Å². The lowest BCUT2D eigenvalue weighted by atomic mass is 10.3. The summed E-state index contributed by atoms with van der Waals surface area (Å²) in [5.74, 6) is -0.497. The van der Waals surface area contributed by atoms with Crippen LogP contribution in [0.1, 0.15) is 0 Å². The van der Waals surface area contributed by atoms with Gasteiger partial charge in [0.1, 0.15) is 5.75 Å². The number of hydrogen-bond acceptors (Lipinski definition) is 3. The molecule has 1 aromatic carbocycles. The largest absolute Gasteiger partial charge is 0.421 e. The lowest BCUT2D eigenvalue weighted by Crippen LogP contribution is -2.08. The number of carbonyl (C=O) groups is 2. The van der Waals surface area contributed by atoms with Gasteiger partial charge in [-0.1, -0.05) is 0 Å². The van der Waals surface area contributed by atoms with Crippen molar-refractivity contribution in [2.75, 3.05) is 0 Å². The minimum Gasteiger partial charge on any atom is -0.421 e. The molecule has 0 saturated carbocycles. The van der Waals surface area contributed by atoms with E-state index in [1.165, 1.54) is 0 Å². The van der Waals surface area contributed by atoms with Gasteiger partial charge < -0.3 is 4.74 Å². The summed E-state index contributed by atoms with van der Waals surface area (Å²) < 4.78 is 5.65. The van der Waals surface area contributed by atoms with E-state index in [2.05, 4.69) is 27.3 Å². The molecule has 0 aliphatic carbocycles. The fourth-order valence-electron chi connectivity index (χ4n) is 0.643. The highest BCUT2D eigenvalue weighted by Gasteiger charge is 2.00. The first-order valence-corrected chi connectivity index (χ1v) is 4.23. The Labute approximate surface area is 82.9 Å². The summed E-state index contributed by atoms with van der Waals surface area (Å²) in [6, 6.07) is 6.83. The van der Waals surface area contributed by atoms with Crippen molar-refractivity contribution in [1.29, 1.82) is 0 Å². The fourth-order valence-corrected chi connectivity index (χ4v) is 1.00. The Hall–Kier alpha value is -0.910. The van der Waals surface area contributed by atoms with E-state index in [9.17, 15) is 9.59 Å². The standard InChI is InChI=1S/C8H5IO3/c9-6-1-3-7(4-2-6)12-8(11)5-10/h1-5H. The van der Waals surface area contributed by atoms with Gasteiger partial charge in [-0.3, -0.25) is 4.79 Å². The molecule has 0 aromatic heterocycles. The number of hydrogen-bond donors (Lipinski definition) is 0. The molecule has 4 heteroatoms. The summed E-state index contributed by atoms with van der Waals surface area (Å²) in [4.78, 5) is 20.4. The summed E-state index contributed by atoms with van der Waals surface area (Å²) in [6.07, 6.45) is 0.137. The Kier molecular flexibility index (Phi) is 3.21. The van der Waals surface area contributed by atoms with E-state index in [0.717, 1.165) is 3.57 Å². The molecule has 0 bridgehead atoms. The van der Waals surface area contributed by atoms with Crippen molar-refractivity contribution in [2.45, 2.75) is 0 Å². The molecule has 3 nitrogen and oxygen atoms in total. The van der Waals surface area contributed by atoms with E-state index in [0.29, 0.717) is 5.75 Å². The van der Waals surface area contributed by atoms with Crippen LogP contribution in [-0.2, 0) is 9.59 Å². The van der Waals surface area contributed by atoms with Gasteiger partial charge in [0.25, 0.3) is 0 Å². The van der Waals surface area contributed by atoms with Crippen molar-refractivity contribution < 1.29 is 14.3 Å². The molecule has 62 valence electrons. The number of rotatable bonds is 2. The average molecular weight is 276 g/mol. The third kappa shape index (κ3) is 2.61. The molecular formula is C8H5IO3. The lowest BCUT2D eigenvalue weighted by Gasteiger charge is -1.98. The van der Waals surface area contributed by atoms with Gasteiger partial charge >= 0.3 is 5.97 Å². The van der Waals surface area contributed by atoms with Crippen molar-refractivity contribution >= 4 is 34.8 Å². The highest BCUT2D eigenvalue weighted by molar-refractivity contribution is 14.1. The molecule has 12 heavy (non-hydrogen) atoms. The van der Waals surface area contributed by atoms with Gasteiger partial charge in [0, 0.05) is 3.57 Å². The zero-order chi connectivity index (χ0) is 8.97. The van der Waals surface area contributed by atoms with Crippen molar-refractivity contribution in [3.05, 3.63) is 27.8 Å². The van der Waals surface area contributed by atoms with Gasteiger partial charge in [-0.25, -0.2) is 4.79 Å². The van der Waals surface area contributed by atoms with Gasteiger partial charge in [-0.05, 0) is 46.9 Å². The maximum atomic E-state index is 10.5. The molecule has 0 aliphatic heterocycles. The van der Waals surface area contributed by atoms with Crippen LogP contribution < -0.4 is 4.74 Å². The molecule has 0 fully saturated rings. The van der Waals surface area contributed by atoms with E-state index in [1.807, 2.05) is 0 Å². The Bertz CT molecular complexity index is 292. The molecule has 1 aromatic rings. The molecule has 0 radical (unpaired) electrons. The average Bonchev–Trinajstić information content (AvgIpc) is 2.09. The van der Waals surface area contributed by atoms with Crippen LogP contribution in [0.2, 0.25) is 0 Å². The van der Waals surface area contributed by atoms with E-state index < -0.39 is 5.97 Å². The van der Waals surface area contributed by atoms with Gasteiger partial charge in [0.05, 0.1) is 0 Å². The minimum atomic E-state index is -0.879. The molecule has 0 atom stereocenters. The maximum Gasteiger partial charge on any atom is 0.376 e. The predicted molar refractivity (Wildman–Crippen MR) is 50.9 cm³/mol. The van der Waals surface area contributed by atoms with Crippen LogP contribution >= 0.6 is 22.6 Å². The molecule has 0 amide bonds. The molecular weight excluding hydrogens is 271 g/mol. The number of halogens is 1. The van der Waals surface area contributed by atoms with Gasteiger partial charge in [0.2, 0.25) is 6.29 Å². The summed E-state index contributed by atoms with van der Waals surface area (Å²) in [7, 11) is 0. The highest BCUT2D eigenvalue weighted by atomic mass is 127. The number of esters is 1. The fraction of sp³-hybridized carbons (Fsp3) is 0. The first kappa shape index (κ1) is 9.18. The second kappa shape index (κ2) is 4.20. The first-order valence-electron chi connectivity index (χ1n) is 3.15. The Balaban J connectivity index is 2.71. The first-order chi connectivity index (χ1) is 5.72. The molecule has 0 saturated heterocycles. The molecule has 0 heterocycles. The second-order valence-electron chi connectivity index (χ2n) is 1.99. The summed E-state index contributed by atoms with van der Waals surface area (Å²) in [5, 5.41) is 0. The summed E-state index contributed by atoms with van der Waals surface area (Å²) >= 11 is 2.13. The van der Waals surface area contributed by atoms with Crippen LogP contribution in [0.4, 0.5) is 0 Å². The molecule has 0 unspecified atom stereocenters. The van der Waals surface area contributed by atoms with E-state index >= 15 is 0 Å². The van der Waals surface area contributed by atoms with E-state index in [1.54, 1.807) is 24.3 Å². The van der Waals surface area contributed by atoms with Gasteiger partial charge in [0.15, 0.2) is 0 Å². The molecule has 0 N–H and O–H groups in total. The number of carbonyl (C=O) groups excluding carboxylic acids is 2. The Morgan fingerprint density at radius 2 is 1.92 bits per heavy atom. The molecule has 0 spiro atoms. The molecule has 1 rings (SSSR count). The van der Waals surface area contributed by atoms with Crippen LogP contribution in [0.3, 0.4) is 0 Å². The van der Waals surface area contributed by atoms with Crippen LogP contribution in [0, 0.1) is 3.57 Å². The normalized spacial score (nSPS) is 9.08. The van der Waals surface area contributed by atoms with Crippen molar-refractivity contribution in [3.63, 3.8) is 0 Å². The minimum absolute atomic E-state index is 0.137. The second-order valence-corrected chi connectivity index (χ2v) is 3.24. The third-order valence-corrected chi connectivity index (χ3v) is 1.85. The predicted octanol–water partition coefficient (Wildman–Crippen LogP) is 1.40. The highest BCUT2D eigenvalue weighted by Crippen LogP contribution is 2.12. The zero-order valence-corrected chi connectivity index (χ0v) is 8.15. The van der Waals surface area contributed by atoms with Gasteiger partial charge in [-0.2, -0.15) is 0 Å². The molecule has 0 aliphatic rings.